The number of hydrogen-bond donors (Lipinski definition) is 3. The molecule has 1 aromatic carbocycles. The molecule has 4 N–H and O–H groups in total. The quantitative estimate of drug-likeness (QED) is 0.680. The highest BCUT2D eigenvalue weighted by atomic mass is 79.9. The molecule has 1 saturated heterocycles. The molecule has 2 aliphatic heterocycles. The normalized spacial score (nSPS) is 32.5. The Hall–Kier alpha value is -0.580. The van der Waals surface area contributed by atoms with Crippen molar-refractivity contribution in [3.8, 4) is 0 Å². The number of nitrogens with one attached hydrogen (secondary N) is 2. The Labute approximate surface area is 104 Å². The first-order valence-corrected chi connectivity index (χ1v) is 6.58. The summed E-state index contributed by atoms with van der Waals surface area (Å²) in [5, 5.41) is 7.06. The number of benzene rings is 1. The van der Waals surface area contributed by atoms with Crippen molar-refractivity contribution < 1.29 is 0 Å². The summed E-state index contributed by atoms with van der Waals surface area (Å²) in [6.07, 6.45) is 1.15. The third-order valence-corrected chi connectivity index (χ3v) is 4.39. The van der Waals surface area contributed by atoms with Gasteiger partial charge in [-0.1, -0.05) is 12.1 Å². The summed E-state index contributed by atoms with van der Waals surface area (Å²) >= 11 is 3.59. The second-order valence-corrected chi connectivity index (χ2v) is 5.49. The van der Waals surface area contributed by atoms with E-state index in [1.54, 1.807) is 0 Å². The first-order chi connectivity index (χ1) is 7.77. The lowest BCUT2D eigenvalue weighted by Crippen LogP contribution is -2.51. The molecule has 16 heavy (non-hydrogen) atoms. The van der Waals surface area contributed by atoms with E-state index >= 15 is 0 Å². The highest BCUT2D eigenvalue weighted by Gasteiger charge is 2.36. The van der Waals surface area contributed by atoms with Crippen LogP contribution in [0.3, 0.4) is 0 Å². The fraction of sp³-hybridized carbons (Fsp3) is 0.500. The van der Waals surface area contributed by atoms with Crippen LogP contribution in [0.4, 0.5) is 5.69 Å². The Kier molecular flexibility index (Phi) is 2.65. The molecular formula is C12H16BrN3. The van der Waals surface area contributed by atoms with Gasteiger partial charge in [0.1, 0.15) is 0 Å². The second-order valence-electron chi connectivity index (χ2n) is 4.64. The van der Waals surface area contributed by atoms with Crippen molar-refractivity contribution in [2.75, 3.05) is 18.4 Å². The van der Waals surface area contributed by atoms with Crippen LogP contribution in [-0.2, 0) is 0 Å². The molecule has 3 atom stereocenters. The van der Waals surface area contributed by atoms with Crippen molar-refractivity contribution in [2.45, 2.75) is 18.5 Å². The van der Waals surface area contributed by atoms with Crippen LogP contribution in [0.1, 0.15) is 18.0 Å². The molecule has 0 aliphatic carbocycles. The molecule has 2 heterocycles. The Balaban J connectivity index is 2.03. The van der Waals surface area contributed by atoms with E-state index in [2.05, 4.69) is 44.8 Å². The van der Waals surface area contributed by atoms with Crippen LogP contribution >= 0.6 is 15.9 Å². The Morgan fingerprint density at radius 1 is 1.38 bits per heavy atom. The number of halogens is 1. The maximum atomic E-state index is 6.37. The van der Waals surface area contributed by atoms with Gasteiger partial charge >= 0.3 is 0 Å². The average molecular weight is 282 g/mol. The van der Waals surface area contributed by atoms with Gasteiger partial charge in [0.25, 0.3) is 0 Å². The average Bonchev–Trinajstić information content (AvgIpc) is 2.31. The lowest BCUT2D eigenvalue weighted by Gasteiger charge is -2.42. The fourth-order valence-corrected chi connectivity index (χ4v) is 3.32. The molecule has 4 heteroatoms. The number of anilines is 1. The Morgan fingerprint density at radius 2 is 2.25 bits per heavy atom. The van der Waals surface area contributed by atoms with Gasteiger partial charge in [-0.05, 0) is 40.5 Å². The van der Waals surface area contributed by atoms with Gasteiger partial charge in [0.2, 0.25) is 0 Å². The molecule has 3 unspecified atom stereocenters. The minimum Gasteiger partial charge on any atom is -0.381 e. The molecule has 0 radical (unpaired) electrons. The highest BCUT2D eigenvalue weighted by Crippen LogP contribution is 2.40. The lowest BCUT2D eigenvalue weighted by atomic mass is 9.80. The third kappa shape index (κ3) is 1.56. The van der Waals surface area contributed by atoms with Crippen molar-refractivity contribution in [3.63, 3.8) is 0 Å². The highest BCUT2D eigenvalue weighted by molar-refractivity contribution is 9.10. The lowest BCUT2D eigenvalue weighted by molar-refractivity contribution is 0.288. The van der Waals surface area contributed by atoms with Crippen molar-refractivity contribution in [1.82, 2.24) is 5.32 Å². The standard InChI is InChI=1S/C12H16BrN3/c13-9-3-1-2-7-11(14)8-6-15-5-4-10(8)16-12(7)9/h1-3,8,10-11,15-16H,4-6,14H2. The number of nitrogens with two attached hydrogens (primary N) is 1. The van der Waals surface area contributed by atoms with E-state index in [9.17, 15) is 0 Å². The second kappa shape index (κ2) is 4.02. The molecule has 0 bridgehead atoms. The summed E-state index contributed by atoms with van der Waals surface area (Å²) in [4.78, 5) is 0. The van der Waals surface area contributed by atoms with Crippen LogP contribution in [0.25, 0.3) is 0 Å². The summed E-state index contributed by atoms with van der Waals surface area (Å²) < 4.78 is 1.12. The van der Waals surface area contributed by atoms with Gasteiger partial charge in [0.15, 0.2) is 0 Å². The van der Waals surface area contributed by atoms with E-state index in [-0.39, 0.29) is 6.04 Å². The van der Waals surface area contributed by atoms with Gasteiger partial charge in [-0.15, -0.1) is 0 Å². The summed E-state index contributed by atoms with van der Waals surface area (Å²) in [6, 6.07) is 6.91. The summed E-state index contributed by atoms with van der Waals surface area (Å²) in [7, 11) is 0. The molecule has 86 valence electrons. The van der Waals surface area contributed by atoms with E-state index < -0.39 is 0 Å². The van der Waals surface area contributed by atoms with E-state index in [1.807, 2.05) is 0 Å². The zero-order valence-corrected chi connectivity index (χ0v) is 10.6. The van der Waals surface area contributed by atoms with Crippen molar-refractivity contribution in [3.05, 3.63) is 28.2 Å². The molecule has 1 aromatic rings. The topological polar surface area (TPSA) is 50.1 Å². The minimum absolute atomic E-state index is 0.145. The zero-order chi connectivity index (χ0) is 11.1. The smallest absolute Gasteiger partial charge is 0.0535 e. The van der Waals surface area contributed by atoms with E-state index in [0.29, 0.717) is 12.0 Å². The predicted octanol–water partition coefficient (Wildman–Crippen LogP) is 1.85. The van der Waals surface area contributed by atoms with E-state index in [0.717, 1.165) is 24.0 Å². The Bertz CT molecular complexity index is 407. The number of fused-ring (bicyclic) bond motifs is 2. The van der Waals surface area contributed by atoms with Gasteiger partial charge in [-0.2, -0.15) is 0 Å². The molecule has 3 rings (SSSR count). The van der Waals surface area contributed by atoms with Gasteiger partial charge in [0, 0.05) is 29.0 Å². The van der Waals surface area contributed by atoms with E-state index in [1.165, 1.54) is 11.3 Å². The summed E-state index contributed by atoms with van der Waals surface area (Å²) in [5.74, 6) is 0.510. The van der Waals surface area contributed by atoms with Crippen molar-refractivity contribution >= 4 is 21.6 Å². The molecule has 0 saturated carbocycles. The molecule has 0 spiro atoms. The molecule has 2 aliphatic rings. The van der Waals surface area contributed by atoms with Crippen LogP contribution in [0.15, 0.2) is 22.7 Å². The summed E-state index contributed by atoms with van der Waals surface area (Å²) in [6.45, 7) is 2.10. The molecule has 3 nitrogen and oxygen atoms in total. The van der Waals surface area contributed by atoms with Crippen LogP contribution in [0.5, 0.6) is 0 Å². The van der Waals surface area contributed by atoms with Gasteiger partial charge in [-0.25, -0.2) is 0 Å². The monoisotopic (exact) mass is 281 g/mol. The Morgan fingerprint density at radius 3 is 3.12 bits per heavy atom. The SMILES string of the molecule is NC1c2cccc(Br)c2NC2CCNCC21. The first-order valence-electron chi connectivity index (χ1n) is 5.78. The molecule has 1 fully saturated rings. The van der Waals surface area contributed by atoms with Gasteiger partial charge in [-0.3, -0.25) is 0 Å². The fourth-order valence-electron chi connectivity index (χ4n) is 2.83. The van der Waals surface area contributed by atoms with E-state index in [4.69, 9.17) is 5.73 Å². The largest absolute Gasteiger partial charge is 0.381 e. The number of hydrogen-bond acceptors (Lipinski definition) is 3. The van der Waals surface area contributed by atoms with Gasteiger partial charge < -0.3 is 16.4 Å². The molecule has 0 amide bonds. The van der Waals surface area contributed by atoms with Crippen LogP contribution in [0, 0.1) is 5.92 Å². The van der Waals surface area contributed by atoms with Gasteiger partial charge in [0.05, 0.1) is 5.69 Å². The van der Waals surface area contributed by atoms with Crippen LogP contribution in [0.2, 0.25) is 0 Å². The summed E-state index contributed by atoms with van der Waals surface area (Å²) in [5.41, 5.74) is 8.80. The van der Waals surface area contributed by atoms with Crippen molar-refractivity contribution in [1.29, 1.82) is 0 Å². The predicted molar refractivity (Wildman–Crippen MR) is 69.5 cm³/mol. The van der Waals surface area contributed by atoms with Crippen molar-refractivity contribution in [2.24, 2.45) is 11.7 Å². The maximum absolute atomic E-state index is 6.37. The first kappa shape index (κ1) is 10.6. The third-order valence-electron chi connectivity index (χ3n) is 3.72. The number of rotatable bonds is 0. The zero-order valence-electron chi connectivity index (χ0n) is 9.04. The molecule has 0 aromatic heterocycles. The minimum atomic E-state index is 0.145. The maximum Gasteiger partial charge on any atom is 0.0535 e. The van der Waals surface area contributed by atoms with Crippen LogP contribution < -0.4 is 16.4 Å². The number of piperidine rings is 1. The van der Waals surface area contributed by atoms with Crippen LogP contribution in [-0.4, -0.2) is 19.1 Å². The molecular weight excluding hydrogens is 266 g/mol. The number of para-hydroxylation sites is 1.